The molecular formula is CHKN2O4. The average molecular weight is 144 g/mol. The molecule has 0 amide bonds. The van der Waals surface area contributed by atoms with Gasteiger partial charge in [0.05, 0.1) is 0 Å². The molecule has 0 aliphatic heterocycles. The molecule has 0 fully saturated rings. The summed E-state index contributed by atoms with van der Waals surface area (Å²) in [4.78, 5) is -2.19. The molecule has 0 aromatic rings. The zero-order valence-corrected chi connectivity index (χ0v) is 7.19. The topological polar surface area (TPSA) is 95.4 Å². The van der Waals surface area contributed by atoms with Gasteiger partial charge < -0.3 is 15.6 Å². The van der Waals surface area contributed by atoms with Crippen LogP contribution in [0.4, 0.5) is 0 Å². The van der Waals surface area contributed by atoms with E-state index in [9.17, 15) is 5.21 Å². The van der Waals surface area contributed by atoms with Crippen molar-refractivity contribution in [3.63, 3.8) is 0 Å². The molecule has 1 N–H and O–H groups in total. The monoisotopic (exact) mass is 144 g/mol. The minimum Gasteiger partial charge on any atom is -0.599 e. The Morgan fingerprint density at radius 2 is 1.62 bits per heavy atom. The maximum absolute atomic E-state index is 9.17. The van der Waals surface area contributed by atoms with Crippen LogP contribution in [0.2, 0.25) is 0 Å². The van der Waals surface area contributed by atoms with Gasteiger partial charge in [-0.25, -0.2) is 5.21 Å². The molecule has 0 atom stereocenters. The van der Waals surface area contributed by atoms with Crippen LogP contribution < -0.4 is 51.4 Å². The van der Waals surface area contributed by atoms with E-state index in [1.807, 2.05) is 0 Å². The van der Waals surface area contributed by atoms with Crippen molar-refractivity contribution in [2.45, 2.75) is 0 Å². The standard InChI is InChI=1S/CHN2O4.K/c4-2(5)1-3(6)7;/h(H-,4,5,6,7);/q-1;+1. The second-order valence-corrected chi connectivity index (χ2v) is 0.630. The maximum atomic E-state index is 9.17. The molecule has 7 heteroatoms. The van der Waals surface area contributed by atoms with Crippen LogP contribution in [-0.4, -0.2) is 21.0 Å². The summed E-state index contributed by atoms with van der Waals surface area (Å²) in [7, 11) is 0. The molecule has 0 aromatic heterocycles. The van der Waals surface area contributed by atoms with Crippen molar-refractivity contribution in [3.05, 3.63) is 15.6 Å². The summed E-state index contributed by atoms with van der Waals surface area (Å²) in [5.74, 6) is 0. The molecule has 40 valence electrons. The van der Waals surface area contributed by atoms with Crippen LogP contribution in [0.5, 0.6) is 0 Å². The Kier molecular flexibility index (Phi) is 7.41. The quantitative estimate of drug-likeness (QED) is 0.123. The number of hydrogen-bond donors (Lipinski definition) is 1. The first kappa shape index (κ1) is 11.1. The molecule has 0 bridgehead atoms. The van der Waals surface area contributed by atoms with E-state index in [2.05, 4.69) is 0 Å². The SMILES string of the molecule is [K+].[O-][N+]([O-])=C=[N+]([O-])O. The van der Waals surface area contributed by atoms with Crippen molar-refractivity contribution in [3.8, 4) is 0 Å². The Hall–Kier alpha value is 0.216. The molecule has 0 aliphatic rings. The second kappa shape index (κ2) is 5.35. The number of hydrogen-bond acceptors (Lipinski definition) is 4. The summed E-state index contributed by atoms with van der Waals surface area (Å²) < 4.78 is 0. The molecule has 0 aliphatic carbocycles. The van der Waals surface area contributed by atoms with Crippen molar-refractivity contribution in [1.29, 1.82) is 0 Å². The normalized spacial score (nSPS) is 6.00. The van der Waals surface area contributed by atoms with Gasteiger partial charge in [-0.2, -0.15) is 0 Å². The Bertz CT molecular complexity index is 106. The van der Waals surface area contributed by atoms with Gasteiger partial charge in [0, 0.05) is 0 Å². The fourth-order valence-corrected chi connectivity index (χ4v) is 0.0698. The molecule has 8 heavy (non-hydrogen) atoms. The van der Waals surface area contributed by atoms with Crippen LogP contribution >= 0.6 is 0 Å². The van der Waals surface area contributed by atoms with Gasteiger partial charge in [0.1, 0.15) is 0 Å². The predicted molar refractivity (Wildman–Crippen MR) is 17.4 cm³/mol. The predicted octanol–water partition coefficient (Wildman–Crippen LogP) is -3.93. The van der Waals surface area contributed by atoms with Crippen LogP contribution in [-0.2, 0) is 0 Å². The summed E-state index contributed by atoms with van der Waals surface area (Å²) in [5, 5.41) is 34.8. The minimum absolute atomic E-state index is 0. The van der Waals surface area contributed by atoms with Gasteiger partial charge in [-0.1, -0.05) is 4.90 Å². The minimum atomic E-state index is -1.19. The van der Waals surface area contributed by atoms with Crippen LogP contribution in [0.15, 0.2) is 0 Å². The zero-order chi connectivity index (χ0) is 5.86. The van der Waals surface area contributed by atoms with Crippen molar-refractivity contribution in [1.82, 2.24) is 0 Å². The third-order valence-corrected chi connectivity index (χ3v) is 0.167. The van der Waals surface area contributed by atoms with E-state index in [1.165, 1.54) is 0 Å². The van der Waals surface area contributed by atoms with Crippen molar-refractivity contribution >= 4 is 6.01 Å². The third-order valence-electron chi connectivity index (χ3n) is 0.167. The smallest absolute Gasteiger partial charge is 0.599 e. The summed E-state index contributed by atoms with van der Waals surface area (Å²) in [6.45, 7) is 0. The summed E-state index contributed by atoms with van der Waals surface area (Å²) in [6, 6.07) is 0.861. The molecule has 0 unspecified atom stereocenters. The Labute approximate surface area is 86.9 Å². The summed E-state index contributed by atoms with van der Waals surface area (Å²) in [5.41, 5.74) is 0. The summed E-state index contributed by atoms with van der Waals surface area (Å²) in [6.07, 6.45) is 0. The van der Waals surface area contributed by atoms with E-state index in [4.69, 9.17) is 15.6 Å². The molecule has 0 radical (unpaired) electrons. The maximum Gasteiger partial charge on any atom is 1.00 e. The van der Waals surface area contributed by atoms with Crippen LogP contribution in [0.25, 0.3) is 0 Å². The molecule has 0 saturated carbocycles. The molecule has 0 rings (SSSR count). The molecule has 0 heterocycles. The van der Waals surface area contributed by atoms with Crippen LogP contribution in [0.1, 0.15) is 0 Å². The first-order valence-electron chi connectivity index (χ1n) is 1.19. The van der Waals surface area contributed by atoms with E-state index < -0.39 is 9.80 Å². The molecule has 0 saturated heterocycles. The van der Waals surface area contributed by atoms with Gasteiger partial charge in [-0.15, -0.1) is 0 Å². The molecule has 0 spiro atoms. The Morgan fingerprint density at radius 3 is 1.62 bits per heavy atom. The van der Waals surface area contributed by atoms with E-state index in [-0.39, 0.29) is 51.4 Å². The van der Waals surface area contributed by atoms with Gasteiger partial charge in [-0.3, -0.25) is 0 Å². The van der Waals surface area contributed by atoms with Gasteiger partial charge in [0.2, 0.25) is 0 Å². The van der Waals surface area contributed by atoms with Gasteiger partial charge in [-0.05, 0) is 0 Å². The average Bonchev–Trinajstić information content (AvgIpc) is 1.27. The second-order valence-electron chi connectivity index (χ2n) is 0.630. The zero-order valence-electron chi connectivity index (χ0n) is 4.07. The third kappa shape index (κ3) is 9.51. The fraction of sp³-hybridized carbons (Fsp3) is 0. The Balaban J connectivity index is 0. The fourth-order valence-electron chi connectivity index (χ4n) is 0.0698. The van der Waals surface area contributed by atoms with E-state index in [0.717, 1.165) is 6.01 Å². The molecule has 6 nitrogen and oxygen atoms in total. The van der Waals surface area contributed by atoms with Gasteiger partial charge in [0.25, 0.3) is 0 Å². The van der Waals surface area contributed by atoms with Gasteiger partial charge >= 0.3 is 57.4 Å². The van der Waals surface area contributed by atoms with Crippen molar-refractivity contribution < 1.29 is 66.4 Å². The van der Waals surface area contributed by atoms with Crippen LogP contribution in [0, 0.1) is 15.6 Å². The molecular weight excluding hydrogens is 143 g/mol. The summed E-state index contributed by atoms with van der Waals surface area (Å²) >= 11 is 0. The van der Waals surface area contributed by atoms with Crippen LogP contribution in [0.3, 0.4) is 0 Å². The Morgan fingerprint density at radius 1 is 1.25 bits per heavy atom. The van der Waals surface area contributed by atoms with Crippen molar-refractivity contribution in [2.24, 2.45) is 0 Å². The van der Waals surface area contributed by atoms with E-state index >= 15 is 0 Å². The number of rotatable bonds is 0. The first-order chi connectivity index (χ1) is 3.13. The van der Waals surface area contributed by atoms with E-state index in [0.29, 0.717) is 0 Å². The van der Waals surface area contributed by atoms with E-state index in [1.54, 1.807) is 0 Å². The molecule has 0 aromatic carbocycles. The largest absolute Gasteiger partial charge is 1.00 e. The van der Waals surface area contributed by atoms with Gasteiger partial charge in [0.15, 0.2) is 4.90 Å². The van der Waals surface area contributed by atoms with Crippen molar-refractivity contribution in [2.75, 3.05) is 0 Å². The first-order valence-corrected chi connectivity index (χ1v) is 1.19. The number of nitrogens with zero attached hydrogens (tertiary/aromatic N) is 2.